The van der Waals surface area contributed by atoms with Gasteiger partial charge in [-0.1, -0.05) is 5.92 Å². The highest BCUT2D eigenvalue weighted by molar-refractivity contribution is 5.97. The summed E-state index contributed by atoms with van der Waals surface area (Å²) in [6, 6.07) is 5.39. The first-order valence-electron chi connectivity index (χ1n) is 5.42. The number of nitrogens with one attached hydrogen (secondary N) is 1. The maximum atomic E-state index is 12.1. The summed E-state index contributed by atoms with van der Waals surface area (Å²) in [6.45, 7) is 2.84. The molecule has 0 bridgehead atoms. The first-order valence-corrected chi connectivity index (χ1v) is 5.42. The summed E-state index contributed by atoms with van der Waals surface area (Å²) in [5, 5.41) is 0. The fraction of sp³-hybridized carbons (Fsp3) is 0.231. The van der Waals surface area contributed by atoms with E-state index in [1.54, 1.807) is 23.4 Å². The normalized spacial score (nSPS) is 10.1. The van der Waals surface area contributed by atoms with Crippen LogP contribution in [0.5, 0.6) is 0 Å². The SMILES string of the molecule is C#CCN(CC)C(=O)c1ccc2nc[nH]c2c1. The molecule has 0 saturated heterocycles. The lowest BCUT2D eigenvalue weighted by atomic mass is 10.1. The molecule has 0 aliphatic rings. The van der Waals surface area contributed by atoms with E-state index in [2.05, 4.69) is 15.9 Å². The molecule has 1 amide bonds. The van der Waals surface area contributed by atoms with Crippen molar-refractivity contribution in [3.05, 3.63) is 30.1 Å². The Hall–Kier alpha value is -2.28. The number of hydrogen-bond acceptors (Lipinski definition) is 2. The van der Waals surface area contributed by atoms with Gasteiger partial charge in [0.1, 0.15) is 0 Å². The van der Waals surface area contributed by atoms with E-state index in [-0.39, 0.29) is 5.91 Å². The Labute approximate surface area is 99.7 Å². The highest BCUT2D eigenvalue weighted by Crippen LogP contribution is 2.13. The molecule has 0 unspecified atom stereocenters. The third kappa shape index (κ3) is 2.13. The number of aromatic nitrogens is 2. The smallest absolute Gasteiger partial charge is 0.254 e. The Balaban J connectivity index is 2.32. The van der Waals surface area contributed by atoms with Crippen LogP contribution in [0, 0.1) is 12.3 Å². The minimum Gasteiger partial charge on any atom is -0.345 e. The van der Waals surface area contributed by atoms with Crippen molar-refractivity contribution in [1.82, 2.24) is 14.9 Å². The molecular weight excluding hydrogens is 214 g/mol. The van der Waals surface area contributed by atoms with Gasteiger partial charge in [-0.15, -0.1) is 6.42 Å². The standard InChI is InChI=1S/C13H13N3O/c1-3-7-16(4-2)13(17)10-5-6-11-12(8-10)15-9-14-11/h1,5-6,8-9H,4,7H2,2H3,(H,14,15). The maximum absolute atomic E-state index is 12.1. The van der Waals surface area contributed by atoms with Crippen molar-refractivity contribution in [2.45, 2.75) is 6.92 Å². The Morgan fingerprint density at radius 3 is 3.12 bits per heavy atom. The van der Waals surface area contributed by atoms with Crippen molar-refractivity contribution in [3.8, 4) is 12.3 Å². The fourth-order valence-corrected chi connectivity index (χ4v) is 1.69. The Kier molecular flexibility index (Phi) is 3.10. The van der Waals surface area contributed by atoms with Crippen molar-refractivity contribution in [2.75, 3.05) is 13.1 Å². The molecule has 4 heteroatoms. The fourth-order valence-electron chi connectivity index (χ4n) is 1.69. The largest absolute Gasteiger partial charge is 0.345 e. The minimum atomic E-state index is -0.0537. The van der Waals surface area contributed by atoms with Gasteiger partial charge in [0.25, 0.3) is 5.91 Å². The van der Waals surface area contributed by atoms with E-state index in [9.17, 15) is 4.79 Å². The second-order valence-corrected chi connectivity index (χ2v) is 3.66. The van der Waals surface area contributed by atoms with Crippen LogP contribution in [0.1, 0.15) is 17.3 Å². The van der Waals surface area contributed by atoms with E-state index in [0.29, 0.717) is 18.7 Å². The number of imidazole rings is 1. The average molecular weight is 227 g/mol. The van der Waals surface area contributed by atoms with Gasteiger partial charge in [0.15, 0.2) is 0 Å². The van der Waals surface area contributed by atoms with E-state index in [1.165, 1.54) is 0 Å². The summed E-state index contributed by atoms with van der Waals surface area (Å²) in [5.74, 6) is 2.43. The van der Waals surface area contributed by atoms with Gasteiger partial charge in [0.2, 0.25) is 0 Å². The summed E-state index contributed by atoms with van der Waals surface area (Å²) in [7, 11) is 0. The topological polar surface area (TPSA) is 49.0 Å². The zero-order valence-electron chi connectivity index (χ0n) is 9.60. The molecule has 0 spiro atoms. The van der Waals surface area contributed by atoms with Crippen LogP contribution in [-0.2, 0) is 0 Å². The van der Waals surface area contributed by atoms with Gasteiger partial charge in [-0.25, -0.2) is 4.98 Å². The Morgan fingerprint density at radius 2 is 2.41 bits per heavy atom. The van der Waals surface area contributed by atoms with Crippen molar-refractivity contribution in [1.29, 1.82) is 0 Å². The highest BCUT2D eigenvalue weighted by atomic mass is 16.2. The average Bonchev–Trinajstić information content (AvgIpc) is 2.82. The van der Waals surface area contributed by atoms with E-state index in [1.807, 2.05) is 13.0 Å². The van der Waals surface area contributed by atoms with Crippen molar-refractivity contribution in [2.24, 2.45) is 0 Å². The van der Waals surface area contributed by atoms with Crippen LogP contribution >= 0.6 is 0 Å². The molecule has 0 radical (unpaired) electrons. The van der Waals surface area contributed by atoms with Gasteiger partial charge in [-0.3, -0.25) is 4.79 Å². The second-order valence-electron chi connectivity index (χ2n) is 3.66. The number of terminal acetylenes is 1. The van der Waals surface area contributed by atoms with Gasteiger partial charge < -0.3 is 9.88 Å². The molecule has 1 aromatic heterocycles. The number of benzene rings is 1. The van der Waals surface area contributed by atoms with Crippen LogP contribution < -0.4 is 0 Å². The lowest BCUT2D eigenvalue weighted by Gasteiger charge is -2.17. The zero-order valence-corrected chi connectivity index (χ0v) is 9.60. The Morgan fingerprint density at radius 1 is 1.59 bits per heavy atom. The molecule has 1 aromatic carbocycles. The highest BCUT2D eigenvalue weighted by Gasteiger charge is 2.13. The van der Waals surface area contributed by atoms with E-state index in [0.717, 1.165) is 11.0 Å². The number of hydrogen-bond donors (Lipinski definition) is 1. The molecule has 4 nitrogen and oxygen atoms in total. The number of aromatic amines is 1. The maximum Gasteiger partial charge on any atom is 0.254 e. The van der Waals surface area contributed by atoms with Gasteiger partial charge >= 0.3 is 0 Å². The first-order chi connectivity index (χ1) is 8.26. The van der Waals surface area contributed by atoms with Crippen molar-refractivity contribution < 1.29 is 4.79 Å². The zero-order chi connectivity index (χ0) is 12.3. The number of amides is 1. The van der Waals surface area contributed by atoms with Gasteiger partial charge in [0.05, 0.1) is 23.9 Å². The number of rotatable bonds is 3. The van der Waals surface area contributed by atoms with E-state index < -0.39 is 0 Å². The van der Waals surface area contributed by atoms with Crippen LogP contribution in [0.25, 0.3) is 11.0 Å². The monoisotopic (exact) mass is 227 g/mol. The molecule has 0 aliphatic heterocycles. The van der Waals surface area contributed by atoms with E-state index >= 15 is 0 Å². The van der Waals surface area contributed by atoms with Crippen molar-refractivity contribution >= 4 is 16.9 Å². The first kappa shape index (κ1) is 11.2. The number of fused-ring (bicyclic) bond motifs is 1. The number of carbonyl (C=O) groups excluding carboxylic acids is 1. The molecular formula is C13H13N3O. The third-order valence-corrected chi connectivity index (χ3v) is 2.62. The van der Waals surface area contributed by atoms with Crippen LogP contribution in [0.2, 0.25) is 0 Å². The summed E-state index contributed by atoms with van der Waals surface area (Å²) in [4.78, 5) is 20.8. The lowest BCUT2D eigenvalue weighted by Crippen LogP contribution is -2.31. The van der Waals surface area contributed by atoms with Crippen LogP contribution in [0.3, 0.4) is 0 Å². The predicted molar refractivity (Wildman–Crippen MR) is 66.5 cm³/mol. The number of H-pyrrole nitrogens is 1. The predicted octanol–water partition coefficient (Wildman–Crippen LogP) is 1.66. The number of nitrogens with zero attached hydrogens (tertiary/aromatic N) is 2. The van der Waals surface area contributed by atoms with E-state index in [4.69, 9.17) is 6.42 Å². The molecule has 1 N–H and O–H groups in total. The molecule has 2 aromatic rings. The molecule has 1 heterocycles. The molecule has 0 aliphatic carbocycles. The minimum absolute atomic E-state index is 0.0537. The van der Waals surface area contributed by atoms with Crippen LogP contribution in [-0.4, -0.2) is 33.9 Å². The second kappa shape index (κ2) is 4.71. The lowest BCUT2D eigenvalue weighted by molar-refractivity contribution is 0.0785. The van der Waals surface area contributed by atoms with Gasteiger partial charge in [0, 0.05) is 12.1 Å². The summed E-state index contributed by atoms with van der Waals surface area (Å²) < 4.78 is 0. The van der Waals surface area contributed by atoms with Crippen molar-refractivity contribution in [3.63, 3.8) is 0 Å². The number of carbonyl (C=O) groups is 1. The molecule has 0 fully saturated rings. The molecule has 17 heavy (non-hydrogen) atoms. The van der Waals surface area contributed by atoms with Gasteiger partial charge in [-0.2, -0.15) is 0 Å². The van der Waals surface area contributed by atoms with Crippen LogP contribution in [0.4, 0.5) is 0 Å². The molecule has 0 atom stereocenters. The van der Waals surface area contributed by atoms with Gasteiger partial charge in [-0.05, 0) is 25.1 Å². The summed E-state index contributed by atoms with van der Waals surface area (Å²) in [6.07, 6.45) is 6.84. The third-order valence-electron chi connectivity index (χ3n) is 2.62. The quantitative estimate of drug-likeness (QED) is 0.811. The van der Waals surface area contributed by atoms with Crippen LogP contribution in [0.15, 0.2) is 24.5 Å². The molecule has 0 saturated carbocycles. The molecule has 2 rings (SSSR count). The summed E-state index contributed by atoms with van der Waals surface area (Å²) >= 11 is 0. The Bertz CT molecular complexity index is 580. The summed E-state index contributed by atoms with van der Waals surface area (Å²) in [5.41, 5.74) is 2.33. The molecule has 86 valence electrons.